The van der Waals surface area contributed by atoms with Crippen molar-refractivity contribution in [3.63, 3.8) is 0 Å². The Morgan fingerprint density at radius 1 is 1.33 bits per heavy atom. The summed E-state index contributed by atoms with van der Waals surface area (Å²) in [6, 6.07) is 0. The van der Waals surface area contributed by atoms with Crippen molar-refractivity contribution in [1.82, 2.24) is 0 Å². The summed E-state index contributed by atoms with van der Waals surface area (Å²) in [5.41, 5.74) is -0.775. The van der Waals surface area contributed by atoms with E-state index in [9.17, 15) is 4.79 Å². The standard InChI is InChI=1S/C9H18O4S2/c1-3-9(4-10,5-11)6-13-7(12)8(2,14)15/h10-11,14-15H,3-6H2,1-2H3. The Morgan fingerprint density at radius 2 is 1.80 bits per heavy atom. The summed E-state index contributed by atoms with van der Waals surface area (Å²) in [7, 11) is 0. The van der Waals surface area contributed by atoms with Crippen molar-refractivity contribution in [2.45, 2.75) is 24.3 Å². The quantitative estimate of drug-likeness (QED) is 0.316. The molecule has 6 heteroatoms. The number of aliphatic hydroxyl groups is 2. The Labute approximate surface area is 101 Å². The van der Waals surface area contributed by atoms with Crippen LogP contribution < -0.4 is 0 Å². The summed E-state index contributed by atoms with van der Waals surface area (Å²) in [5.74, 6) is -0.589. The van der Waals surface area contributed by atoms with Gasteiger partial charge in [0.2, 0.25) is 0 Å². The zero-order chi connectivity index (χ0) is 12.1. The van der Waals surface area contributed by atoms with Gasteiger partial charge in [0.1, 0.15) is 6.61 Å². The molecule has 0 aromatic rings. The molecule has 0 radical (unpaired) electrons. The molecule has 0 bridgehead atoms. The minimum Gasteiger partial charge on any atom is -0.463 e. The lowest BCUT2D eigenvalue weighted by Gasteiger charge is -2.28. The highest BCUT2D eigenvalue weighted by Gasteiger charge is 2.32. The van der Waals surface area contributed by atoms with Gasteiger partial charge in [-0.15, -0.1) is 0 Å². The van der Waals surface area contributed by atoms with E-state index in [2.05, 4.69) is 25.3 Å². The van der Waals surface area contributed by atoms with Crippen LogP contribution in [-0.4, -0.2) is 40.1 Å². The van der Waals surface area contributed by atoms with Crippen LogP contribution in [0.15, 0.2) is 0 Å². The molecule has 0 rings (SSSR count). The predicted molar refractivity (Wildman–Crippen MR) is 64.2 cm³/mol. The minimum absolute atomic E-state index is 0.0357. The molecule has 15 heavy (non-hydrogen) atoms. The number of carbonyl (C=O) groups is 1. The molecule has 0 aromatic carbocycles. The molecule has 0 aromatic heterocycles. The monoisotopic (exact) mass is 254 g/mol. The maximum absolute atomic E-state index is 11.3. The van der Waals surface area contributed by atoms with Gasteiger partial charge in [-0.05, 0) is 13.3 Å². The van der Waals surface area contributed by atoms with Crippen LogP contribution in [0.3, 0.4) is 0 Å². The molecule has 90 valence electrons. The van der Waals surface area contributed by atoms with Crippen LogP contribution in [0.5, 0.6) is 0 Å². The van der Waals surface area contributed by atoms with Gasteiger partial charge in [0, 0.05) is 0 Å². The highest BCUT2D eigenvalue weighted by Crippen LogP contribution is 2.24. The Kier molecular flexibility index (Phi) is 6.02. The van der Waals surface area contributed by atoms with Gasteiger partial charge in [0.05, 0.1) is 18.6 Å². The van der Waals surface area contributed by atoms with E-state index in [0.29, 0.717) is 6.42 Å². The van der Waals surface area contributed by atoms with E-state index >= 15 is 0 Å². The SMILES string of the molecule is CCC(CO)(CO)COC(=O)C(C)(S)S. The van der Waals surface area contributed by atoms with E-state index in [1.54, 1.807) is 6.92 Å². The number of esters is 1. The lowest BCUT2D eigenvalue weighted by atomic mass is 9.88. The average Bonchev–Trinajstić information content (AvgIpc) is 2.19. The number of hydrogen-bond acceptors (Lipinski definition) is 6. The number of ether oxygens (including phenoxy) is 1. The number of rotatable bonds is 6. The molecule has 0 saturated heterocycles. The normalized spacial score (nSPS) is 12.7. The summed E-state index contributed by atoms with van der Waals surface area (Å²) >= 11 is 7.86. The smallest absolute Gasteiger partial charge is 0.331 e. The van der Waals surface area contributed by atoms with Crippen LogP contribution in [0.4, 0.5) is 0 Å². The van der Waals surface area contributed by atoms with Crippen molar-refractivity contribution in [2.24, 2.45) is 5.41 Å². The van der Waals surface area contributed by atoms with Crippen LogP contribution in [0, 0.1) is 5.41 Å². The third-order valence-electron chi connectivity index (χ3n) is 2.32. The number of carbonyl (C=O) groups excluding carboxylic acids is 1. The maximum Gasteiger partial charge on any atom is 0.331 e. The molecule has 0 unspecified atom stereocenters. The highest BCUT2D eigenvalue weighted by molar-refractivity contribution is 8.01. The van der Waals surface area contributed by atoms with E-state index in [1.807, 2.05) is 0 Å². The molecular weight excluding hydrogens is 236 g/mol. The molecule has 0 heterocycles. The van der Waals surface area contributed by atoms with Crippen LogP contribution in [0.1, 0.15) is 20.3 Å². The first-order valence-electron chi connectivity index (χ1n) is 4.65. The third kappa shape index (κ3) is 4.63. The fourth-order valence-electron chi connectivity index (χ4n) is 0.822. The van der Waals surface area contributed by atoms with Crippen molar-refractivity contribution in [3.05, 3.63) is 0 Å². The van der Waals surface area contributed by atoms with Crippen LogP contribution in [0.25, 0.3) is 0 Å². The summed E-state index contributed by atoms with van der Waals surface area (Å²) in [4.78, 5) is 11.3. The van der Waals surface area contributed by atoms with E-state index in [-0.39, 0.29) is 19.8 Å². The Bertz CT molecular complexity index is 200. The molecule has 0 aliphatic rings. The second kappa shape index (κ2) is 5.98. The van der Waals surface area contributed by atoms with E-state index in [0.717, 1.165) is 0 Å². The zero-order valence-electron chi connectivity index (χ0n) is 8.93. The molecule has 0 amide bonds. The van der Waals surface area contributed by atoms with Gasteiger partial charge in [0.25, 0.3) is 0 Å². The van der Waals surface area contributed by atoms with Crippen LogP contribution in [0.2, 0.25) is 0 Å². The van der Waals surface area contributed by atoms with E-state index < -0.39 is 15.5 Å². The highest BCUT2D eigenvalue weighted by atomic mass is 32.2. The van der Waals surface area contributed by atoms with Crippen molar-refractivity contribution >= 4 is 31.2 Å². The molecular formula is C9H18O4S2. The second-order valence-electron chi connectivity index (χ2n) is 3.77. The number of aliphatic hydroxyl groups excluding tert-OH is 2. The van der Waals surface area contributed by atoms with Gasteiger partial charge in [-0.25, -0.2) is 4.79 Å². The molecule has 2 N–H and O–H groups in total. The minimum atomic E-state index is -1.16. The van der Waals surface area contributed by atoms with Gasteiger partial charge < -0.3 is 14.9 Å². The van der Waals surface area contributed by atoms with Gasteiger partial charge in [0.15, 0.2) is 4.08 Å². The van der Waals surface area contributed by atoms with Crippen molar-refractivity contribution in [1.29, 1.82) is 0 Å². The molecule has 0 saturated carbocycles. The molecule has 4 nitrogen and oxygen atoms in total. The van der Waals surface area contributed by atoms with Crippen LogP contribution >= 0.6 is 25.3 Å². The fourth-order valence-corrected chi connectivity index (χ4v) is 0.951. The summed E-state index contributed by atoms with van der Waals surface area (Å²) < 4.78 is 3.77. The van der Waals surface area contributed by atoms with Crippen molar-refractivity contribution in [3.8, 4) is 0 Å². The number of hydrogen-bond donors (Lipinski definition) is 4. The van der Waals surface area contributed by atoms with Gasteiger partial charge in [-0.3, -0.25) is 0 Å². The number of thiol groups is 2. The molecule has 0 atom stereocenters. The predicted octanol–water partition coefficient (Wildman–Crippen LogP) is 0.486. The third-order valence-corrected chi connectivity index (χ3v) is 2.68. The van der Waals surface area contributed by atoms with Crippen molar-refractivity contribution in [2.75, 3.05) is 19.8 Å². The lowest BCUT2D eigenvalue weighted by Crippen LogP contribution is -2.37. The first kappa shape index (κ1) is 15.1. The summed E-state index contributed by atoms with van der Waals surface area (Å²) in [6.45, 7) is 2.80. The largest absolute Gasteiger partial charge is 0.463 e. The molecule has 0 fully saturated rings. The Hall–Kier alpha value is 0.0900. The first-order valence-corrected chi connectivity index (χ1v) is 5.54. The maximum atomic E-state index is 11.3. The summed E-state index contributed by atoms with van der Waals surface area (Å²) in [6.07, 6.45) is 0.517. The topological polar surface area (TPSA) is 66.8 Å². The molecule has 0 aliphatic carbocycles. The van der Waals surface area contributed by atoms with Crippen molar-refractivity contribution < 1.29 is 19.7 Å². The van der Waals surface area contributed by atoms with Gasteiger partial charge in [-0.1, -0.05) is 6.92 Å². The first-order chi connectivity index (χ1) is 6.81. The van der Waals surface area contributed by atoms with E-state index in [4.69, 9.17) is 14.9 Å². The fraction of sp³-hybridized carbons (Fsp3) is 0.889. The van der Waals surface area contributed by atoms with Gasteiger partial charge >= 0.3 is 5.97 Å². The zero-order valence-corrected chi connectivity index (χ0v) is 10.7. The Balaban J connectivity index is 4.29. The molecule has 0 spiro atoms. The second-order valence-corrected chi connectivity index (χ2v) is 5.91. The summed E-state index contributed by atoms with van der Waals surface area (Å²) in [5, 5.41) is 18.2. The Morgan fingerprint density at radius 3 is 2.07 bits per heavy atom. The van der Waals surface area contributed by atoms with E-state index in [1.165, 1.54) is 6.92 Å². The van der Waals surface area contributed by atoms with Crippen LogP contribution in [-0.2, 0) is 9.53 Å². The van der Waals surface area contributed by atoms with Gasteiger partial charge in [-0.2, -0.15) is 25.3 Å². The molecule has 0 aliphatic heterocycles. The lowest BCUT2D eigenvalue weighted by molar-refractivity contribution is -0.149. The average molecular weight is 254 g/mol.